The van der Waals surface area contributed by atoms with E-state index in [0.717, 1.165) is 0 Å². The zero-order chi connectivity index (χ0) is 22.9. The number of amides is 1. The van der Waals surface area contributed by atoms with Crippen LogP contribution in [0.5, 0.6) is 17.2 Å². The van der Waals surface area contributed by atoms with Crippen LogP contribution in [0.25, 0.3) is 0 Å². The molecule has 0 aliphatic rings. The fourth-order valence-corrected chi connectivity index (χ4v) is 3.65. The number of benzene rings is 2. The van der Waals surface area contributed by atoms with E-state index in [0.29, 0.717) is 45.8 Å². The van der Waals surface area contributed by atoms with Gasteiger partial charge in [-0.1, -0.05) is 12.1 Å². The maximum atomic E-state index is 12.4. The average molecular weight is 457 g/mol. The Morgan fingerprint density at radius 3 is 2.56 bits per heavy atom. The summed E-state index contributed by atoms with van der Waals surface area (Å²) in [6.07, 6.45) is 0.104. The summed E-state index contributed by atoms with van der Waals surface area (Å²) in [5, 5.41) is 5.19. The summed E-state index contributed by atoms with van der Waals surface area (Å²) < 4.78 is 21.3. The van der Waals surface area contributed by atoms with Crippen LogP contribution in [0.3, 0.4) is 0 Å². The summed E-state index contributed by atoms with van der Waals surface area (Å²) in [6.45, 7) is 2.29. The quantitative estimate of drug-likeness (QED) is 0.459. The third-order valence-corrected chi connectivity index (χ3v) is 5.24. The van der Waals surface area contributed by atoms with Crippen molar-refractivity contribution in [3.63, 3.8) is 0 Å². The number of thiazole rings is 1. The average Bonchev–Trinajstić information content (AvgIpc) is 3.25. The molecular weight excluding hydrogens is 432 g/mol. The molecule has 0 aliphatic heterocycles. The molecule has 1 N–H and O–H groups in total. The van der Waals surface area contributed by atoms with Gasteiger partial charge in [0.05, 0.1) is 44.2 Å². The molecule has 3 rings (SSSR count). The van der Waals surface area contributed by atoms with Gasteiger partial charge >= 0.3 is 5.97 Å². The number of aromatic nitrogens is 1. The number of nitrogens with one attached hydrogen (secondary N) is 1. The van der Waals surface area contributed by atoms with E-state index in [1.807, 2.05) is 19.1 Å². The third kappa shape index (κ3) is 5.98. The molecule has 0 spiro atoms. The minimum Gasteiger partial charge on any atom is -0.495 e. The highest BCUT2D eigenvalue weighted by atomic mass is 32.1. The van der Waals surface area contributed by atoms with Gasteiger partial charge < -0.3 is 24.3 Å². The van der Waals surface area contributed by atoms with Gasteiger partial charge in [-0.2, -0.15) is 0 Å². The van der Waals surface area contributed by atoms with Gasteiger partial charge in [0.2, 0.25) is 5.91 Å². The molecule has 0 fully saturated rings. The van der Waals surface area contributed by atoms with Crippen molar-refractivity contribution >= 4 is 28.9 Å². The topological polar surface area (TPSA) is 96.0 Å². The first kappa shape index (κ1) is 23.1. The van der Waals surface area contributed by atoms with E-state index in [2.05, 4.69) is 10.3 Å². The molecular formula is C23H24N2O6S. The lowest BCUT2D eigenvalue weighted by atomic mass is 10.2. The van der Waals surface area contributed by atoms with Crippen molar-refractivity contribution in [2.45, 2.75) is 20.0 Å². The number of hydrogen-bond acceptors (Lipinski definition) is 8. The number of carbonyl (C=O) groups excluding carboxylic acids is 2. The molecule has 9 heteroatoms. The van der Waals surface area contributed by atoms with Crippen LogP contribution in [0, 0.1) is 0 Å². The van der Waals surface area contributed by atoms with E-state index < -0.39 is 5.97 Å². The smallest absolute Gasteiger partial charge is 0.338 e. The predicted molar refractivity (Wildman–Crippen MR) is 121 cm³/mol. The van der Waals surface area contributed by atoms with E-state index in [1.54, 1.807) is 42.8 Å². The molecule has 0 unspecified atom stereocenters. The molecule has 0 atom stereocenters. The van der Waals surface area contributed by atoms with Crippen LogP contribution in [0.15, 0.2) is 47.8 Å². The highest BCUT2D eigenvalue weighted by Gasteiger charge is 2.15. The number of ether oxygens (including phenoxy) is 4. The van der Waals surface area contributed by atoms with Gasteiger partial charge in [0.15, 0.2) is 11.5 Å². The Kier molecular flexibility index (Phi) is 8.04. The molecule has 2 aromatic carbocycles. The number of para-hydroxylation sites is 2. The number of carbonyl (C=O) groups is 2. The Balaban J connectivity index is 1.55. The first-order chi connectivity index (χ1) is 15.5. The highest BCUT2D eigenvalue weighted by molar-refractivity contribution is 7.09. The molecule has 1 amide bonds. The zero-order valence-corrected chi connectivity index (χ0v) is 18.9. The number of esters is 1. The number of rotatable bonds is 10. The van der Waals surface area contributed by atoms with Crippen LogP contribution in [0.1, 0.15) is 28.0 Å². The van der Waals surface area contributed by atoms with E-state index >= 15 is 0 Å². The van der Waals surface area contributed by atoms with Crippen molar-refractivity contribution in [1.82, 2.24) is 4.98 Å². The normalized spacial score (nSPS) is 10.3. The molecule has 0 saturated heterocycles. The molecule has 0 saturated carbocycles. The second-order valence-electron chi connectivity index (χ2n) is 6.53. The summed E-state index contributed by atoms with van der Waals surface area (Å²) in [4.78, 5) is 29.1. The van der Waals surface area contributed by atoms with Gasteiger partial charge in [-0.25, -0.2) is 9.78 Å². The van der Waals surface area contributed by atoms with Crippen LogP contribution in [-0.2, 0) is 22.6 Å². The van der Waals surface area contributed by atoms with E-state index in [-0.39, 0.29) is 18.9 Å². The largest absolute Gasteiger partial charge is 0.495 e. The first-order valence-electron chi connectivity index (χ1n) is 9.88. The minimum absolute atomic E-state index is 0.000538. The van der Waals surface area contributed by atoms with Crippen molar-refractivity contribution in [2.75, 3.05) is 26.1 Å². The van der Waals surface area contributed by atoms with Crippen LogP contribution in [-0.4, -0.2) is 37.7 Å². The molecule has 32 heavy (non-hydrogen) atoms. The van der Waals surface area contributed by atoms with Crippen molar-refractivity contribution in [3.8, 4) is 17.2 Å². The lowest BCUT2D eigenvalue weighted by Gasteiger charge is -2.10. The molecule has 168 valence electrons. The Morgan fingerprint density at radius 2 is 1.81 bits per heavy atom. The van der Waals surface area contributed by atoms with Crippen LogP contribution in [0.4, 0.5) is 5.69 Å². The van der Waals surface area contributed by atoms with Crippen LogP contribution >= 0.6 is 11.3 Å². The van der Waals surface area contributed by atoms with Crippen molar-refractivity contribution < 1.29 is 28.5 Å². The molecule has 8 nitrogen and oxygen atoms in total. The zero-order valence-electron chi connectivity index (χ0n) is 18.0. The van der Waals surface area contributed by atoms with Gasteiger partial charge in [0.1, 0.15) is 17.4 Å². The Hall–Kier alpha value is -3.59. The van der Waals surface area contributed by atoms with E-state index in [1.165, 1.54) is 18.4 Å². The molecule has 3 aromatic rings. The van der Waals surface area contributed by atoms with Gasteiger partial charge in [-0.3, -0.25) is 4.79 Å². The molecule has 0 aliphatic carbocycles. The monoisotopic (exact) mass is 456 g/mol. The predicted octanol–water partition coefficient (Wildman–Crippen LogP) is 4.10. The number of nitrogens with zero attached hydrogens (tertiary/aromatic N) is 1. The first-order valence-corrected chi connectivity index (χ1v) is 10.8. The van der Waals surface area contributed by atoms with Crippen molar-refractivity contribution in [2.24, 2.45) is 0 Å². The maximum Gasteiger partial charge on any atom is 0.338 e. The summed E-state index contributed by atoms with van der Waals surface area (Å²) >= 11 is 1.33. The maximum absolute atomic E-state index is 12.4. The third-order valence-electron chi connectivity index (χ3n) is 4.34. The van der Waals surface area contributed by atoms with E-state index in [4.69, 9.17) is 18.9 Å². The van der Waals surface area contributed by atoms with Crippen molar-refractivity contribution in [3.05, 3.63) is 64.1 Å². The summed E-state index contributed by atoms with van der Waals surface area (Å²) in [5.74, 6) is 0.880. The molecule has 1 heterocycles. The Morgan fingerprint density at radius 1 is 1.03 bits per heavy atom. The lowest BCUT2D eigenvalue weighted by molar-refractivity contribution is -0.115. The van der Waals surface area contributed by atoms with Gasteiger partial charge in [-0.05, 0) is 37.3 Å². The van der Waals surface area contributed by atoms with E-state index in [9.17, 15) is 9.59 Å². The Labute approximate surface area is 190 Å². The standard InChI is InChI=1S/C23H24N2O6S/c1-4-30-20-11-15(9-10-19(20)29-3)23(27)31-13-16-14-32-22(24-16)12-21(26)25-17-7-5-6-8-18(17)28-2/h5-11,14H,4,12-13H2,1-3H3,(H,25,26). The second kappa shape index (κ2) is 11.1. The van der Waals surface area contributed by atoms with Crippen LogP contribution < -0.4 is 19.5 Å². The fraction of sp³-hybridized carbons (Fsp3) is 0.261. The van der Waals surface area contributed by atoms with Crippen molar-refractivity contribution in [1.29, 1.82) is 0 Å². The molecule has 0 radical (unpaired) electrons. The fourth-order valence-electron chi connectivity index (χ4n) is 2.87. The number of hydrogen-bond donors (Lipinski definition) is 1. The molecule has 0 bridgehead atoms. The number of anilines is 1. The number of methoxy groups -OCH3 is 2. The minimum atomic E-state index is -0.503. The SMILES string of the molecule is CCOc1cc(C(=O)OCc2csc(CC(=O)Nc3ccccc3OC)n2)ccc1OC. The second-order valence-corrected chi connectivity index (χ2v) is 7.48. The Bertz CT molecular complexity index is 1080. The van der Waals surface area contributed by atoms with Crippen LogP contribution in [0.2, 0.25) is 0 Å². The van der Waals surface area contributed by atoms with Gasteiger partial charge in [0.25, 0.3) is 0 Å². The summed E-state index contributed by atoms with van der Waals surface area (Å²) in [7, 11) is 3.08. The lowest BCUT2D eigenvalue weighted by Crippen LogP contribution is -2.15. The summed E-state index contributed by atoms with van der Waals surface area (Å²) in [6, 6.07) is 12.0. The molecule has 1 aromatic heterocycles. The van der Waals surface area contributed by atoms with Gasteiger partial charge in [-0.15, -0.1) is 11.3 Å². The highest BCUT2D eigenvalue weighted by Crippen LogP contribution is 2.28. The summed E-state index contributed by atoms with van der Waals surface area (Å²) in [5.41, 5.74) is 1.51. The van der Waals surface area contributed by atoms with Gasteiger partial charge in [0, 0.05) is 5.38 Å².